The lowest BCUT2D eigenvalue weighted by Crippen LogP contribution is -2.28. The monoisotopic (exact) mass is 381 g/mol. The molecule has 0 aliphatic carbocycles. The summed E-state index contributed by atoms with van der Waals surface area (Å²) < 4.78 is 23.8. The number of carbonyl (C=O) groups is 2. The maximum absolute atomic E-state index is 13.4. The molecule has 1 amide bonds. The van der Waals surface area contributed by atoms with Gasteiger partial charge in [-0.2, -0.15) is 0 Å². The number of rotatable bonds is 6. The van der Waals surface area contributed by atoms with Crippen LogP contribution in [0.15, 0.2) is 51.6 Å². The van der Waals surface area contributed by atoms with Crippen LogP contribution in [-0.4, -0.2) is 18.5 Å². The molecule has 7 heteroatoms. The predicted octanol–water partition coefficient (Wildman–Crippen LogP) is 3.05. The normalized spacial score (nSPS) is 10.7. The van der Waals surface area contributed by atoms with Crippen LogP contribution in [0.2, 0.25) is 0 Å². The van der Waals surface area contributed by atoms with Crippen molar-refractivity contribution in [2.75, 3.05) is 6.61 Å². The molecule has 5 nitrogen and oxygen atoms in total. The molecular weight excluding hydrogens is 369 g/mol. The van der Waals surface area contributed by atoms with E-state index in [0.29, 0.717) is 16.0 Å². The zero-order valence-electron chi connectivity index (χ0n) is 11.9. The Morgan fingerprint density at radius 3 is 2.74 bits per heavy atom. The molecule has 0 saturated heterocycles. The Balaban J connectivity index is 1.72. The van der Waals surface area contributed by atoms with Gasteiger partial charge in [0.15, 0.2) is 11.3 Å². The van der Waals surface area contributed by atoms with Crippen molar-refractivity contribution in [2.45, 2.75) is 6.54 Å². The van der Waals surface area contributed by atoms with Crippen LogP contribution in [0, 0.1) is 5.82 Å². The maximum Gasteiger partial charge on any atom is 0.331 e. The van der Waals surface area contributed by atoms with Crippen molar-refractivity contribution < 1.29 is 23.1 Å². The largest absolute Gasteiger partial charge is 0.452 e. The van der Waals surface area contributed by atoms with E-state index in [1.54, 1.807) is 30.3 Å². The summed E-state index contributed by atoms with van der Waals surface area (Å²) in [7, 11) is 0. The number of halogens is 2. The maximum atomic E-state index is 13.4. The van der Waals surface area contributed by atoms with E-state index in [-0.39, 0.29) is 6.54 Å². The molecule has 120 valence electrons. The van der Waals surface area contributed by atoms with E-state index in [1.807, 2.05) is 0 Å². The summed E-state index contributed by atoms with van der Waals surface area (Å²) in [5, 5.41) is 2.47. The molecule has 0 saturated carbocycles. The van der Waals surface area contributed by atoms with Crippen molar-refractivity contribution in [3.63, 3.8) is 0 Å². The van der Waals surface area contributed by atoms with Crippen LogP contribution in [0.1, 0.15) is 11.3 Å². The Labute approximate surface area is 140 Å². The molecule has 0 aliphatic rings. The first-order chi connectivity index (χ1) is 11.0. The van der Waals surface area contributed by atoms with Gasteiger partial charge in [-0.15, -0.1) is 0 Å². The Morgan fingerprint density at radius 2 is 2.04 bits per heavy atom. The van der Waals surface area contributed by atoms with Crippen molar-refractivity contribution in [2.24, 2.45) is 0 Å². The smallest absolute Gasteiger partial charge is 0.331 e. The number of esters is 1. The molecule has 1 heterocycles. The van der Waals surface area contributed by atoms with E-state index in [2.05, 4.69) is 21.2 Å². The first kappa shape index (κ1) is 17.0. The van der Waals surface area contributed by atoms with Gasteiger partial charge in [0, 0.05) is 18.2 Å². The Morgan fingerprint density at radius 1 is 1.26 bits per heavy atom. The average molecular weight is 382 g/mol. The molecule has 2 aromatic rings. The van der Waals surface area contributed by atoms with Crippen LogP contribution in [0.5, 0.6) is 0 Å². The third-order valence-electron chi connectivity index (χ3n) is 2.76. The molecule has 0 fully saturated rings. The van der Waals surface area contributed by atoms with Gasteiger partial charge in [-0.25, -0.2) is 9.18 Å². The van der Waals surface area contributed by atoms with Crippen LogP contribution in [0.4, 0.5) is 4.39 Å². The molecule has 2 rings (SSSR count). The summed E-state index contributed by atoms with van der Waals surface area (Å²) in [6, 6.07) is 9.44. The molecule has 0 unspecified atom stereocenters. The summed E-state index contributed by atoms with van der Waals surface area (Å²) in [4.78, 5) is 23.0. The lowest BCUT2D eigenvalue weighted by molar-refractivity contribution is -0.143. The number of ether oxygens (including phenoxy) is 1. The minimum atomic E-state index is -0.682. The zero-order valence-corrected chi connectivity index (χ0v) is 13.5. The minimum absolute atomic E-state index is 0.0271. The second kappa shape index (κ2) is 8.28. The highest BCUT2D eigenvalue weighted by Gasteiger charge is 2.07. The first-order valence-corrected chi connectivity index (χ1v) is 7.44. The first-order valence-electron chi connectivity index (χ1n) is 6.65. The van der Waals surface area contributed by atoms with Crippen LogP contribution in [0.3, 0.4) is 0 Å². The summed E-state index contributed by atoms with van der Waals surface area (Å²) in [5.74, 6) is -1.13. The number of nitrogens with one attached hydrogen (secondary N) is 1. The summed E-state index contributed by atoms with van der Waals surface area (Å²) >= 11 is 3.13. The minimum Gasteiger partial charge on any atom is -0.452 e. The van der Waals surface area contributed by atoms with Crippen LogP contribution >= 0.6 is 15.9 Å². The van der Waals surface area contributed by atoms with Gasteiger partial charge in [0.1, 0.15) is 11.6 Å². The summed E-state index contributed by atoms with van der Waals surface area (Å²) in [5.41, 5.74) is 0.357. The zero-order chi connectivity index (χ0) is 16.7. The highest BCUT2D eigenvalue weighted by molar-refractivity contribution is 9.10. The molecule has 0 spiro atoms. The van der Waals surface area contributed by atoms with Gasteiger partial charge in [0.2, 0.25) is 0 Å². The summed E-state index contributed by atoms with van der Waals surface area (Å²) in [6.45, 7) is -0.418. The standard InChI is InChI=1S/C16H13BrFNO4/c17-14-7-5-12(23-14)6-8-16(21)22-10-15(20)19-9-11-3-1-2-4-13(11)18/h1-8H,9-10H2,(H,19,20)/b8-6+. The van der Waals surface area contributed by atoms with E-state index in [4.69, 9.17) is 9.15 Å². The molecule has 0 bridgehead atoms. The number of furan rings is 1. The van der Waals surface area contributed by atoms with Crippen molar-refractivity contribution >= 4 is 33.9 Å². The fraction of sp³-hybridized carbons (Fsp3) is 0.125. The number of hydrogen-bond donors (Lipinski definition) is 1. The molecule has 0 atom stereocenters. The van der Waals surface area contributed by atoms with Crippen molar-refractivity contribution in [3.05, 3.63) is 64.3 Å². The van der Waals surface area contributed by atoms with Gasteiger partial charge in [0.05, 0.1) is 0 Å². The van der Waals surface area contributed by atoms with Crippen molar-refractivity contribution in [1.82, 2.24) is 5.32 Å². The van der Waals surface area contributed by atoms with E-state index >= 15 is 0 Å². The fourth-order valence-electron chi connectivity index (χ4n) is 1.64. The number of benzene rings is 1. The van der Waals surface area contributed by atoms with Crippen LogP contribution < -0.4 is 5.32 Å². The molecule has 1 N–H and O–H groups in total. The van der Waals surface area contributed by atoms with Gasteiger partial charge >= 0.3 is 5.97 Å². The van der Waals surface area contributed by atoms with E-state index < -0.39 is 24.3 Å². The second-order valence-electron chi connectivity index (χ2n) is 4.45. The lowest BCUT2D eigenvalue weighted by atomic mass is 10.2. The second-order valence-corrected chi connectivity index (χ2v) is 5.23. The number of amides is 1. The van der Waals surface area contributed by atoms with Gasteiger partial charge < -0.3 is 14.5 Å². The Bertz CT molecular complexity index is 726. The van der Waals surface area contributed by atoms with Crippen molar-refractivity contribution in [1.29, 1.82) is 0 Å². The highest BCUT2D eigenvalue weighted by Crippen LogP contribution is 2.15. The van der Waals surface area contributed by atoms with Gasteiger partial charge in [-0.05, 0) is 40.2 Å². The lowest BCUT2D eigenvalue weighted by Gasteiger charge is -2.06. The van der Waals surface area contributed by atoms with E-state index in [9.17, 15) is 14.0 Å². The van der Waals surface area contributed by atoms with Crippen LogP contribution in [-0.2, 0) is 20.9 Å². The quantitative estimate of drug-likeness (QED) is 0.616. The fourth-order valence-corrected chi connectivity index (χ4v) is 1.96. The third kappa shape index (κ3) is 5.71. The van der Waals surface area contributed by atoms with E-state index in [0.717, 1.165) is 6.08 Å². The predicted molar refractivity (Wildman–Crippen MR) is 84.6 cm³/mol. The Hall–Kier alpha value is -2.41. The Kier molecular flexibility index (Phi) is 6.10. The molecular formula is C16H13BrFNO4. The highest BCUT2D eigenvalue weighted by atomic mass is 79.9. The third-order valence-corrected chi connectivity index (χ3v) is 3.18. The molecule has 1 aromatic heterocycles. The number of hydrogen-bond acceptors (Lipinski definition) is 4. The van der Waals surface area contributed by atoms with Crippen LogP contribution in [0.25, 0.3) is 6.08 Å². The number of carbonyl (C=O) groups excluding carboxylic acids is 2. The molecule has 0 aliphatic heterocycles. The summed E-state index contributed by atoms with van der Waals surface area (Å²) in [6.07, 6.45) is 2.57. The van der Waals surface area contributed by atoms with Gasteiger partial charge in [-0.1, -0.05) is 18.2 Å². The van der Waals surface area contributed by atoms with E-state index in [1.165, 1.54) is 12.1 Å². The topological polar surface area (TPSA) is 68.5 Å². The van der Waals surface area contributed by atoms with Gasteiger partial charge in [0.25, 0.3) is 5.91 Å². The van der Waals surface area contributed by atoms with Gasteiger partial charge in [-0.3, -0.25) is 4.79 Å². The van der Waals surface area contributed by atoms with Crippen molar-refractivity contribution in [3.8, 4) is 0 Å². The molecule has 1 aromatic carbocycles. The average Bonchev–Trinajstić information content (AvgIpc) is 2.95. The SMILES string of the molecule is O=C(COC(=O)/C=C/c1ccc(Br)o1)NCc1ccccc1F. The molecule has 23 heavy (non-hydrogen) atoms. The molecule has 0 radical (unpaired) electrons.